The Kier molecular flexibility index (Phi) is 4.23. The molecule has 0 aliphatic carbocycles. The number of nitrogens with two attached hydrogens (primary N) is 1. The van der Waals surface area contributed by atoms with Gasteiger partial charge in [0, 0.05) is 26.8 Å². The largest absolute Gasteiger partial charge is 0.385 e. The Morgan fingerprint density at radius 2 is 2.12 bits per heavy atom. The summed E-state index contributed by atoms with van der Waals surface area (Å²) in [6, 6.07) is 3.52. The van der Waals surface area contributed by atoms with Crippen LogP contribution in [-0.2, 0) is 15.9 Å². The molecule has 1 rings (SSSR count). The third-order valence-corrected chi connectivity index (χ3v) is 2.34. The van der Waals surface area contributed by atoms with Crippen LogP contribution in [0.5, 0.6) is 0 Å². The van der Waals surface area contributed by atoms with E-state index in [4.69, 9.17) is 15.2 Å². The molecule has 0 radical (unpaired) electrons. The van der Waals surface area contributed by atoms with Crippen LogP contribution in [0.4, 0.5) is 5.82 Å². The number of anilines is 1. The van der Waals surface area contributed by atoms with Gasteiger partial charge in [0.05, 0.1) is 0 Å². The van der Waals surface area contributed by atoms with Crippen molar-refractivity contribution in [3.05, 3.63) is 23.9 Å². The van der Waals surface area contributed by atoms with Crippen LogP contribution < -0.4 is 5.73 Å². The lowest BCUT2D eigenvalue weighted by Gasteiger charge is -2.30. The zero-order valence-corrected chi connectivity index (χ0v) is 9.80. The molecular weight excluding hydrogens is 208 g/mol. The zero-order valence-electron chi connectivity index (χ0n) is 9.80. The predicted molar refractivity (Wildman–Crippen MR) is 60.8 cm³/mol. The number of aliphatic hydroxyl groups is 1. The lowest BCUT2D eigenvalue weighted by molar-refractivity contribution is -0.207. The third kappa shape index (κ3) is 3.16. The molecule has 0 aromatic carbocycles. The minimum Gasteiger partial charge on any atom is -0.385 e. The Balaban J connectivity index is 2.79. The number of methoxy groups -OCH3 is 2. The van der Waals surface area contributed by atoms with Crippen LogP contribution in [-0.4, -0.2) is 36.2 Å². The fraction of sp³-hybridized carbons (Fsp3) is 0.545. The lowest BCUT2D eigenvalue weighted by Crippen LogP contribution is -2.43. The number of ether oxygens (including phenoxy) is 2. The van der Waals surface area contributed by atoms with Crippen molar-refractivity contribution in [3.8, 4) is 0 Å². The normalized spacial score (nSPS) is 15.1. The second-order valence-electron chi connectivity index (χ2n) is 3.93. The lowest BCUT2D eigenvalue weighted by atomic mass is 9.96. The van der Waals surface area contributed by atoms with Crippen molar-refractivity contribution >= 4 is 5.82 Å². The van der Waals surface area contributed by atoms with Gasteiger partial charge in [-0.1, -0.05) is 0 Å². The molecule has 1 atom stereocenters. The van der Waals surface area contributed by atoms with Crippen LogP contribution in [0.15, 0.2) is 18.3 Å². The van der Waals surface area contributed by atoms with E-state index in [2.05, 4.69) is 4.98 Å². The van der Waals surface area contributed by atoms with E-state index in [1.165, 1.54) is 14.2 Å². The third-order valence-electron chi connectivity index (χ3n) is 2.34. The van der Waals surface area contributed by atoms with Crippen molar-refractivity contribution in [1.82, 2.24) is 4.98 Å². The molecule has 0 aliphatic rings. The zero-order chi connectivity index (χ0) is 12.2. The van der Waals surface area contributed by atoms with Gasteiger partial charge < -0.3 is 20.3 Å². The summed E-state index contributed by atoms with van der Waals surface area (Å²) in [6.45, 7) is 1.65. The summed E-state index contributed by atoms with van der Waals surface area (Å²) in [4.78, 5) is 3.89. The Hall–Kier alpha value is -1.17. The molecule has 1 aromatic rings. The van der Waals surface area contributed by atoms with Crippen LogP contribution in [0.3, 0.4) is 0 Å². The molecule has 1 unspecified atom stereocenters. The highest BCUT2D eigenvalue weighted by Crippen LogP contribution is 2.20. The summed E-state index contributed by atoms with van der Waals surface area (Å²) in [5.41, 5.74) is 5.34. The number of hydrogen-bond donors (Lipinski definition) is 2. The highest BCUT2D eigenvalue weighted by atomic mass is 16.7. The summed E-state index contributed by atoms with van der Waals surface area (Å²) in [5, 5.41) is 10.2. The fourth-order valence-corrected chi connectivity index (χ4v) is 1.70. The summed E-state index contributed by atoms with van der Waals surface area (Å²) in [7, 11) is 2.98. The number of rotatable bonds is 5. The molecule has 3 N–H and O–H groups in total. The Morgan fingerprint density at radius 3 is 2.62 bits per heavy atom. The van der Waals surface area contributed by atoms with Crippen molar-refractivity contribution in [3.63, 3.8) is 0 Å². The maximum Gasteiger partial charge on any atom is 0.185 e. The summed E-state index contributed by atoms with van der Waals surface area (Å²) >= 11 is 0. The fourth-order valence-electron chi connectivity index (χ4n) is 1.70. The summed E-state index contributed by atoms with van der Waals surface area (Å²) < 4.78 is 10.1. The first-order chi connectivity index (χ1) is 7.49. The van der Waals surface area contributed by atoms with Crippen molar-refractivity contribution in [1.29, 1.82) is 0 Å². The smallest absolute Gasteiger partial charge is 0.185 e. The van der Waals surface area contributed by atoms with E-state index in [-0.39, 0.29) is 0 Å². The van der Waals surface area contributed by atoms with Crippen LogP contribution in [0.2, 0.25) is 0 Å². The van der Waals surface area contributed by atoms with Gasteiger partial charge in [-0.3, -0.25) is 0 Å². The highest BCUT2D eigenvalue weighted by Gasteiger charge is 2.32. The van der Waals surface area contributed by atoms with Gasteiger partial charge in [0.1, 0.15) is 11.4 Å². The van der Waals surface area contributed by atoms with Gasteiger partial charge in [-0.05, 0) is 24.6 Å². The first-order valence-corrected chi connectivity index (χ1v) is 4.98. The van der Waals surface area contributed by atoms with Gasteiger partial charge in [0.2, 0.25) is 0 Å². The second-order valence-corrected chi connectivity index (χ2v) is 3.93. The van der Waals surface area contributed by atoms with E-state index in [0.717, 1.165) is 5.56 Å². The number of hydrogen-bond acceptors (Lipinski definition) is 5. The van der Waals surface area contributed by atoms with Gasteiger partial charge >= 0.3 is 0 Å². The van der Waals surface area contributed by atoms with Crippen molar-refractivity contribution < 1.29 is 14.6 Å². The Labute approximate surface area is 95.2 Å². The van der Waals surface area contributed by atoms with Gasteiger partial charge in [-0.2, -0.15) is 0 Å². The average molecular weight is 226 g/mol. The van der Waals surface area contributed by atoms with Crippen LogP contribution in [0.25, 0.3) is 0 Å². The SMILES string of the molecule is COC(OC)C(C)(O)Cc1ccnc(N)c1. The monoisotopic (exact) mass is 226 g/mol. The van der Waals surface area contributed by atoms with Crippen molar-refractivity contribution in [2.75, 3.05) is 20.0 Å². The second kappa shape index (κ2) is 5.25. The topological polar surface area (TPSA) is 77.6 Å². The maximum atomic E-state index is 10.2. The average Bonchev–Trinajstić information content (AvgIpc) is 2.18. The molecule has 0 spiro atoms. The number of pyridine rings is 1. The molecular formula is C11H18N2O3. The summed E-state index contributed by atoms with van der Waals surface area (Å²) in [5.74, 6) is 0.430. The minimum absolute atomic E-state index is 0.381. The van der Waals surface area contributed by atoms with Crippen molar-refractivity contribution in [2.24, 2.45) is 0 Å². The van der Waals surface area contributed by atoms with E-state index in [1.54, 1.807) is 25.3 Å². The van der Waals surface area contributed by atoms with Gasteiger partial charge in [-0.25, -0.2) is 4.98 Å². The maximum absolute atomic E-state index is 10.2. The first kappa shape index (κ1) is 12.9. The Morgan fingerprint density at radius 1 is 1.50 bits per heavy atom. The van der Waals surface area contributed by atoms with E-state index in [9.17, 15) is 5.11 Å². The number of nitrogens with zero attached hydrogens (tertiary/aromatic N) is 1. The van der Waals surface area contributed by atoms with E-state index < -0.39 is 11.9 Å². The molecule has 0 bridgehead atoms. The molecule has 90 valence electrons. The van der Waals surface area contributed by atoms with Crippen molar-refractivity contribution in [2.45, 2.75) is 25.2 Å². The van der Waals surface area contributed by atoms with E-state index >= 15 is 0 Å². The summed E-state index contributed by atoms with van der Waals surface area (Å²) in [6.07, 6.45) is 1.31. The highest BCUT2D eigenvalue weighted by molar-refractivity contribution is 5.32. The minimum atomic E-state index is -1.11. The first-order valence-electron chi connectivity index (χ1n) is 4.98. The predicted octanol–water partition coefficient (Wildman–Crippen LogP) is 0.576. The van der Waals surface area contributed by atoms with Crippen LogP contribution in [0, 0.1) is 0 Å². The molecule has 1 aromatic heterocycles. The van der Waals surface area contributed by atoms with Gasteiger partial charge in [0.25, 0.3) is 0 Å². The molecule has 0 saturated heterocycles. The molecule has 16 heavy (non-hydrogen) atoms. The van der Waals surface area contributed by atoms with Crippen LogP contribution >= 0.6 is 0 Å². The van der Waals surface area contributed by atoms with E-state index in [1.807, 2.05) is 0 Å². The Bertz CT molecular complexity index is 338. The molecule has 0 amide bonds. The molecule has 1 heterocycles. The molecule has 0 fully saturated rings. The van der Waals surface area contributed by atoms with E-state index in [0.29, 0.717) is 12.2 Å². The molecule has 5 nitrogen and oxygen atoms in total. The van der Waals surface area contributed by atoms with Gasteiger partial charge in [0.15, 0.2) is 6.29 Å². The molecule has 5 heteroatoms. The molecule has 0 aliphatic heterocycles. The molecule has 0 saturated carbocycles. The number of aromatic nitrogens is 1. The quantitative estimate of drug-likeness (QED) is 0.718. The standard InChI is InChI=1S/C11H18N2O3/c1-11(14,10(15-2)16-3)7-8-4-5-13-9(12)6-8/h4-6,10,14H,7H2,1-3H3,(H2,12,13). The van der Waals surface area contributed by atoms with Gasteiger partial charge in [-0.15, -0.1) is 0 Å². The number of nitrogen functional groups attached to an aromatic ring is 1. The van der Waals surface area contributed by atoms with Crippen LogP contribution in [0.1, 0.15) is 12.5 Å².